The lowest BCUT2D eigenvalue weighted by molar-refractivity contribution is 1.04. The van der Waals surface area contributed by atoms with Crippen molar-refractivity contribution in [3.05, 3.63) is 34.5 Å². The molecule has 0 aliphatic heterocycles. The van der Waals surface area contributed by atoms with Crippen molar-refractivity contribution in [2.45, 2.75) is 25.7 Å². The summed E-state index contributed by atoms with van der Waals surface area (Å²) in [7, 11) is 0. The summed E-state index contributed by atoms with van der Waals surface area (Å²) in [6.45, 7) is 2.03. The molecule has 0 atom stereocenters. The van der Waals surface area contributed by atoms with Gasteiger partial charge in [-0.1, -0.05) is 11.6 Å². The number of fused-ring (bicyclic) bond motifs is 1. The fourth-order valence-electron chi connectivity index (χ4n) is 2.09. The van der Waals surface area contributed by atoms with Gasteiger partial charge in [-0.25, -0.2) is 0 Å². The van der Waals surface area contributed by atoms with Gasteiger partial charge in [-0.05, 0) is 43.5 Å². The van der Waals surface area contributed by atoms with Gasteiger partial charge in [-0.15, -0.1) is 0 Å². The predicted molar refractivity (Wildman–Crippen MR) is 67.9 cm³/mol. The molecule has 0 unspecified atom stereocenters. The van der Waals surface area contributed by atoms with Gasteiger partial charge < -0.3 is 5.73 Å². The van der Waals surface area contributed by atoms with Gasteiger partial charge in [-0.2, -0.15) is 0 Å². The molecule has 16 heavy (non-hydrogen) atoms. The highest BCUT2D eigenvalue weighted by atomic mass is 35.5. The average Bonchev–Trinajstić information content (AvgIpc) is 3.02. The summed E-state index contributed by atoms with van der Waals surface area (Å²) in [6, 6.07) is 5.83. The molecule has 1 aliphatic rings. The van der Waals surface area contributed by atoms with Crippen LogP contribution in [0.2, 0.25) is 5.02 Å². The van der Waals surface area contributed by atoms with Gasteiger partial charge in [0.15, 0.2) is 0 Å². The van der Waals surface area contributed by atoms with Crippen molar-refractivity contribution in [3.8, 4) is 0 Å². The van der Waals surface area contributed by atoms with Gasteiger partial charge in [0.25, 0.3) is 0 Å². The second kappa shape index (κ2) is 3.36. The number of halogens is 1. The number of nitrogens with two attached hydrogens (primary N) is 1. The summed E-state index contributed by atoms with van der Waals surface area (Å²) in [5.41, 5.74) is 10.1. The zero-order chi connectivity index (χ0) is 11.3. The third kappa shape index (κ3) is 1.54. The molecule has 2 nitrogen and oxygen atoms in total. The molecule has 3 heteroatoms. The average molecular weight is 233 g/mol. The lowest BCUT2D eigenvalue weighted by atomic mass is 10.1. The highest BCUT2D eigenvalue weighted by Crippen LogP contribution is 2.41. The second-order valence-electron chi connectivity index (χ2n) is 4.53. The molecule has 0 amide bonds. The number of nitrogen functional groups attached to an aromatic ring is 1. The van der Waals surface area contributed by atoms with Crippen LogP contribution in [0.15, 0.2) is 18.2 Å². The number of nitrogens with zero attached hydrogens (tertiary/aromatic N) is 1. The van der Waals surface area contributed by atoms with Crippen LogP contribution in [0.3, 0.4) is 0 Å². The van der Waals surface area contributed by atoms with Crippen molar-refractivity contribution in [1.82, 2.24) is 4.98 Å². The smallest absolute Gasteiger partial charge is 0.0756 e. The fourth-order valence-corrected chi connectivity index (χ4v) is 2.36. The van der Waals surface area contributed by atoms with Crippen molar-refractivity contribution in [2.75, 3.05) is 5.73 Å². The maximum atomic E-state index is 6.06. The second-order valence-corrected chi connectivity index (χ2v) is 4.97. The summed E-state index contributed by atoms with van der Waals surface area (Å²) in [4.78, 5) is 4.70. The Morgan fingerprint density at radius 3 is 2.75 bits per heavy atom. The first-order valence-corrected chi connectivity index (χ1v) is 5.89. The van der Waals surface area contributed by atoms with Gasteiger partial charge in [0.05, 0.1) is 5.52 Å². The highest BCUT2D eigenvalue weighted by molar-refractivity contribution is 6.31. The van der Waals surface area contributed by atoms with Crippen LogP contribution in [-0.2, 0) is 0 Å². The van der Waals surface area contributed by atoms with Gasteiger partial charge in [0.1, 0.15) is 0 Å². The Morgan fingerprint density at radius 1 is 1.31 bits per heavy atom. The van der Waals surface area contributed by atoms with Crippen LogP contribution in [0.25, 0.3) is 10.9 Å². The molecule has 1 fully saturated rings. The Labute approximate surface area is 99.4 Å². The number of aryl methyl sites for hydroxylation is 1. The van der Waals surface area contributed by atoms with Gasteiger partial charge in [-0.3, -0.25) is 4.98 Å². The monoisotopic (exact) mass is 232 g/mol. The predicted octanol–water partition coefficient (Wildman–Crippen LogP) is 3.66. The normalized spacial score (nSPS) is 15.6. The van der Waals surface area contributed by atoms with Gasteiger partial charge in [0.2, 0.25) is 0 Å². The molecule has 1 aromatic carbocycles. The van der Waals surface area contributed by atoms with E-state index in [0.717, 1.165) is 32.9 Å². The van der Waals surface area contributed by atoms with Gasteiger partial charge in [0, 0.05) is 27.7 Å². The molecule has 0 saturated heterocycles. The summed E-state index contributed by atoms with van der Waals surface area (Å²) in [5.74, 6) is 0.627. The maximum absolute atomic E-state index is 6.06. The van der Waals surface area contributed by atoms with E-state index in [0.29, 0.717) is 5.92 Å². The van der Waals surface area contributed by atoms with E-state index in [1.807, 2.05) is 25.1 Å². The lowest BCUT2D eigenvalue weighted by Crippen LogP contribution is -1.96. The molecule has 0 bridgehead atoms. The molecule has 82 valence electrons. The molecular weight excluding hydrogens is 220 g/mol. The fraction of sp³-hybridized carbons (Fsp3) is 0.308. The molecule has 1 aliphatic carbocycles. The summed E-state index contributed by atoms with van der Waals surface area (Å²) in [6.07, 6.45) is 2.48. The SMILES string of the molecule is Cc1cc(Cl)cc2c(N)cc(C3CC3)nc12. The number of rotatable bonds is 1. The van der Waals surface area contributed by atoms with Crippen molar-refractivity contribution in [1.29, 1.82) is 0 Å². The van der Waals surface area contributed by atoms with Gasteiger partial charge >= 0.3 is 0 Å². The van der Waals surface area contributed by atoms with E-state index in [-0.39, 0.29) is 0 Å². The summed E-state index contributed by atoms with van der Waals surface area (Å²) in [5, 5.41) is 1.69. The van der Waals surface area contributed by atoms with Crippen LogP contribution in [0.4, 0.5) is 5.69 Å². The van der Waals surface area contributed by atoms with Crippen molar-refractivity contribution in [3.63, 3.8) is 0 Å². The standard InChI is InChI=1S/C13H13ClN2/c1-7-4-9(14)5-10-11(15)6-12(8-2-3-8)16-13(7)10/h4-6,8H,2-3H2,1H3,(H2,15,16). The van der Waals surface area contributed by atoms with Crippen LogP contribution in [-0.4, -0.2) is 4.98 Å². The first-order valence-electron chi connectivity index (χ1n) is 5.51. The van der Waals surface area contributed by atoms with Crippen LogP contribution in [0.5, 0.6) is 0 Å². The number of aromatic nitrogens is 1. The number of hydrogen-bond acceptors (Lipinski definition) is 2. The molecule has 1 saturated carbocycles. The first kappa shape index (κ1) is 9.91. The lowest BCUT2D eigenvalue weighted by Gasteiger charge is -2.08. The minimum absolute atomic E-state index is 0.627. The minimum Gasteiger partial charge on any atom is -0.398 e. The Kier molecular flexibility index (Phi) is 2.08. The molecule has 0 radical (unpaired) electrons. The third-order valence-corrected chi connectivity index (χ3v) is 3.33. The molecule has 2 N–H and O–H groups in total. The van der Waals surface area contributed by atoms with E-state index in [1.165, 1.54) is 12.8 Å². The zero-order valence-electron chi connectivity index (χ0n) is 9.13. The number of hydrogen-bond donors (Lipinski definition) is 1. The van der Waals surface area contributed by atoms with E-state index < -0.39 is 0 Å². The van der Waals surface area contributed by atoms with E-state index in [2.05, 4.69) is 0 Å². The zero-order valence-corrected chi connectivity index (χ0v) is 9.88. The van der Waals surface area contributed by atoms with E-state index >= 15 is 0 Å². The van der Waals surface area contributed by atoms with Crippen LogP contribution in [0.1, 0.15) is 30.0 Å². The Morgan fingerprint density at radius 2 is 2.06 bits per heavy atom. The first-order chi connectivity index (χ1) is 7.65. The maximum Gasteiger partial charge on any atom is 0.0756 e. The molecule has 0 spiro atoms. The molecule has 1 heterocycles. The quantitative estimate of drug-likeness (QED) is 0.815. The largest absolute Gasteiger partial charge is 0.398 e. The van der Waals surface area contributed by atoms with E-state index in [9.17, 15) is 0 Å². The molecule has 1 aromatic heterocycles. The minimum atomic E-state index is 0.627. The topological polar surface area (TPSA) is 38.9 Å². The third-order valence-electron chi connectivity index (χ3n) is 3.12. The van der Waals surface area contributed by atoms with Crippen LogP contribution >= 0.6 is 11.6 Å². The summed E-state index contributed by atoms with van der Waals surface area (Å²) >= 11 is 6.03. The Balaban J connectivity index is 2.32. The Hall–Kier alpha value is -1.28. The van der Waals surface area contributed by atoms with Crippen molar-refractivity contribution < 1.29 is 0 Å². The molecule has 2 aromatic rings. The number of benzene rings is 1. The van der Waals surface area contributed by atoms with Crippen LogP contribution < -0.4 is 5.73 Å². The van der Waals surface area contributed by atoms with Crippen molar-refractivity contribution >= 4 is 28.2 Å². The summed E-state index contributed by atoms with van der Waals surface area (Å²) < 4.78 is 0. The number of anilines is 1. The highest BCUT2D eigenvalue weighted by Gasteiger charge is 2.25. The van der Waals surface area contributed by atoms with E-state index in [1.54, 1.807) is 0 Å². The molecular formula is C13H13ClN2. The Bertz CT molecular complexity index is 574. The van der Waals surface area contributed by atoms with E-state index in [4.69, 9.17) is 22.3 Å². The van der Waals surface area contributed by atoms with Crippen molar-refractivity contribution in [2.24, 2.45) is 0 Å². The molecule has 3 rings (SSSR count). The van der Waals surface area contributed by atoms with Crippen LogP contribution in [0, 0.1) is 6.92 Å². The number of pyridine rings is 1.